The van der Waals surface area contributed by atoms with Crippen LogP contribution in [0.4, 0.5) is 0 Å². The molecule has 0 amide bonds. The van der Waals surface area contributed by atoms with Gasteiger partial charge in [-0.3, -0.25) is 4.79 Å². The van der Waals surface area contributed by atoms with Gasteiger partial charge in [0.1, 0.15) is 6.10 Å². The largest absolute Gasteiger partial charge is 0.457 e. The number of hydrogen-bond donors (Lipinski definition) is 1. The molecule has 0 aliphatic carbocycles. The monoisotopic (exact) mass is 567 g/mol. The second-order valence-corrected chi connectivity index (χ2v) is 11.9. The van der Waals surface area contributed by atoms with Gasteiger partial charge >= 0.3 is 5.97 Å². The molecule has 0 aromatic heterocycles. The smallest absolute Gasteiger partial charge is 0.306 e. The molecule has 0 aliphatic heterocycles. The number of allylic oxidation sites excluding steroid dienone is 2. The van der Waals surface area contributed by atoms with Gasteiger partial charge in [0.2, 0.25) is 0 Å². The molecule has 0 radical (unpaired) electrons. The van der Waals surface area contributed by atoms with E-state index in [4.69, 9.17) is 9.47 Å². The summed E-state index contributed by atoms with van der Waals surface area (Å²) in [5, 5.41) is 9.52. The van der Waals surface area contributed by atoms with Crippen LogP contribution in [-0.4, -0.2) is 37.0 Å². The van der Waals surface area contributed by atoms with Gasteiger partial charge in [0.15, 0.2) is 0 Å². The first-order valence-corrected chi connectivity index (χ1v) is 17.8. The van der Waals surface area contributed by atoms with Crippen LogP contribution >= 0.6 is 0 Å². The van der Waals surface area contributed by atoms with Crippen LogP contribution in [0.2, 0.25) is 0 Å². The van der Waals surface area contributed by atoms with E-state index in [0.29, 0.717) is 19.6 Å². The summed E-state index contributed by atoms with van der Waals surface area (Å²) in [5.74, 6) is -0.204. The maximum atomic E-state index is 12.1. The third-order valence-corrected chi connectivity index (χ3v) is 7.84. The minimum Gasteiger partial charge on any atom is -0.457 e. The number of carbonyl (C=O) groups is 1. The lowest BCUT2D eigenvalue weighted by molar-refractivity contribution is -0.154. The molecule has 1 unspecified atom stereocenters. The molecule has 0 fully saturated rings. The molecule has 4 nitrogen and oxygen atoms in total. The van der Waals surface area contributed by atoms with Crippen molar-refractivity contribution in [3.63, 3.8) is 0 Å². The van der Waals surface area contributed by atoms with E-state index in [1.165, 1.54) is 148 Å². The van der Waals surface area contributed by atoms with Crippen LogP contribution in [0.1, 0.15) is 187 Å². The molecule has 1 N–H and O–H groups in total. The molecular weight excluding hydrogens is 496 g/mol. The average molecular weight is 567 g/mol. The molecule has 0 aliphatic rings. The number of rotatable bonds is 33. The Labute approximate surface area is 250 Å². The highest BCUT2D eigenvalue weighted by Gasteiger charge is 2.13. The number of aliphatic hydroxyl groups excluding tert-OH is 1. The van der Waals surface area contributed by atoms with Crippen molar-refractivity contribution in [3.8, 4) is 0 Å². The topological polar surface area (TPSA) is 55.8 Å². The fourth-order valence-corrected chi connectivity index (χ4v) is 5.15. The lowest BCUT2D eigenvalue weighted by Crippen LogP contribution is -2.27. The summed E-state index contributed by atoms with van der Waals surface area (Å²) >= 11 is 0. The Bertz CT molecular complexity index is 519. The van der Waals surface area contributed by atoms with Crippen molar-refractivity contribution in [2.45, 2.75) is 193 Å². The second kappa shape index (κ2) is 34.3. The van der Waals surface area contributed by atoms with Gasteiger partial charge in [-0.15, -0.1) is 0 Å². The zero-order chi connectivity index (χ0) is 29.2. The van der Waals surface area contributed by atoms with Crippen LogP contribution in [0.3, 0.4) is 0 Å². The van der Waals surface area contributed by atoms with Crippen LogP contribution in [0.15, 0.2) is 12.2 Å². The number of esters is 1. The minimum absolute atomic E-state index is 0.169. The van der Waals surface area contributed by atoms with Crippen LogP contribution in [-0.2, 0) is 14.3 Å². The normalized spacial score (nSPS) is 12.4. The molecule has 40 heavy (non-hydrogen) atoms. The molecule has 0 aromatic carbocycles. The third-order valence-electron chi connectivity index (χ3n) is 7.84. The van der Waals surface area contributed by atoms with E-state index in [2.05, 4.69) is 26.0 Å². The van der Waals surface area contributed by atoms with Crippen LogP contribution < -0.4 is 0 Å². The highest BCUT2D eigenvalue weighted by molar-refractivity contribution is 5.69. The number of carbonyl (C=O) groups excluding carboxylic acids is 1. The summed E-state index contributed by atoms with van der Waals surface area (Å²) in [6.45, 7) is 5.35. The lowest BCUT2D eigenvalue weighted by Gasteiger charge is -2.16. The summed E-state index contributed by atoms with van der Waals surface area (Å²) < 4.78 is 11.1. The minimum atomic E-state index is -0.528. The number of ether oxygens (including phenoxy) is 2. The van der Waals surface area contributed by atoms with Gasteiger partial charge in [-0.25, -0.2) is 0 Å². The predicted octanol–water partition coefficient (Wildman–Crippen LogP) is 11.0. The van der Waals surface area contributed by atoms with Gasteiger partial charge in [-0.05, 0) is 38.5 Å². The molecule has 4 heteroatoms. The number of aliphatic hydroxyl groups is 1. The van der Waals surface area contributed by atoms with Gasteiger partial charge in [-0.1, -0.05) is 154 Å². The zero-order valence-electron chi connectivity index (χ0n) is 27.1. The summed E-state index contributed by atoms with van der Waals surface area (Å²) in [5.41, 5.74) is 0. The van der Waals surface area contributed by atoms with Crippen molar-refractivity contribution < 1.29 is 19.4 Å². The van der Waals surface area contributed by atoms with Crippen molar-refractivity contribution in [3.05, 3.63) is 12.2 Å². The van der Waals surface area contributed by atoms with Crippen LogP contribution in [0.25, 0.3) is 0 Å². The van der Waals surface area contributed by atoms with Gasteiger partial charge in [-0.2, -0.15) is 0 Å². The van der Waals surface area contributed by atoms with E-state index in [1.54, 1.807) is 0 Å². The SMILES string of the molecule is CCCCCCCCC/C=C\CCCCCCCCCC(=O)OC(CO)COCCCCCCCCCCCC. The van der Waals surface area contributed by atoms with Crippen molar-refractivity contribution in [1.82, 2.24) is 0 Å². The van der Waals surface area contributed by atoms with E-state index in [0.717, 1.165) is 19.3 Å². The lowest BCUT2D eigenvalue weighted by atomic mass is 10.1. The maximum absolute atomic E-state index is 12.1. The first-order valence-electron chi connectivity index (χ1n) is 17.8. The van der Waals surface area contributed by atoms with Crippen LogP contribution in [0.5, 0.6) is 0 Å². The van der Waals surface area contributed by atoms with Gasteiger partial charge in [0, 0.05) is 13.0 Å². The molecule has 0 saturated carbocycles. The molecule has 0 rings (SSSR count). The maximum Gasteiger partial charge on any atom is 0.306 e. The van der Waals surface area contributed by atoms with Crippen molar-refractivity contribution >= 4 is 5.97 Å². The molecule has 0 aromatic rings. The Balaban J connectivity index is 3.42. The molecule has 238 valence electrons. The summed E-state index contributed by atoms with van der Waals surface area (Å²) in [4.78, 5) is 12.1. The Hall–Kier alpha value is -0.870. The third kappa shape index (κ3) is 31.7. The molecule has 0 bridgehead atoms. The van der Waals surface area contributed by atoms with Gasteiger partial charge in [0.25, 0.3) is 0 Å². The van der Waals surface area contributed by atoms with Crippen molar-refractivity contribution in [1.29, 1.82) is 0 Å². The van der Waals surface area contributed by atoms with Crippen molar-refractivity contribution in [2.75, 3.05) is 19.8 Å². The highest BCUT2D eigenvalue weighted by Crippen LogP contribution is 2.13. The standard InChI is InChI=1S/C36H70O4/c1-3-5-7-9-11-13-15-16-17-18-19-20-21-22-23-25-27-29-31-36(38)40-35(33-37)34-39-32-30-28-26-24-14-12-10-8-6-4-2/h17-18,35,37H,3-16,19-34H2,1-2H3/b18-17-. The first-order chi connectivity index (χ1) is 19.7. The number of hydrogen-bond acceptors (Lipinski definition) is 4. The fraction of sp³-hybridized carbons (Fsp3) is 0.917. The summed E-state index contributed by atoms with van der Waals surface area (Å²) in [6.07, 6.45) is 38.2. The second-order valence-electron chi connectivity index (χ2n) is 11.9. The van der Waals surface area contributed by atoms with Gasteiger partial charge < -0.3 is 14.6 Å². The summed E-state index contributed by atoms with van der Waals surface area (Å²) in [7, 11) is 0. The van der Waals surface area contributed by atoms with E-state index in [1.807, 2.05) is 0 Å². The average Bonchev–Trinajstić information content (AvgIpc) is 2.96. The Morgan fingerprint density at radius 2 is 0.975 bits per heavy atom. The van der Waals surface area contributed by atoms with E-state index < -0.39 is 6.10 Å². The Morgan fingerprint density at radius 3 is 1.43 bits per heavy atom. The molecule has 0 heterocycles. The molecular formula is C36H70O4. The molecule has 1 atom stereocenters. The van der Waals surface area contributed by atoms with Crippen LogP contribution in [0, 0.1) is 0 Å². The van der Waals surface area contributed by atoms with E-state index in [-0.39, 0.29) is 12.6 Å². The quantitative estimate of drug-likeness (QED) is 0.0487. The highest BCUT2D eigenvalue weighted by atomic mass is 16.6. The zero-order valence-corrected chi connectivity index (χ0v) is 27.1. The van der Waals surface area contributed by atoms with E-state index in [9.17, 15) is 9.90 Å². The van der Waals surface area contributed by atoms with Gasteiger partial charge in [0.05, 0.1) is 13.2 Å². The molecule has 0 spiro atoms. The van der Waals surface area contributed by atoms with E-state index >= 15 is 0 Å². The Kier molecular flexibility index (Phi) is 33.6. The fourth-order valence-electron chi connectivity index (χ4n) is 5.15. The van der Waals surface area contributed by atoms with Crippen molar-refractivity contribution in [2.24, 2.45) is 0 Å². The molecule has 0 saturated heterocycles. The first kappa shape index (κ1) is 39.1. The Morgan fingerprint density at radius 1 is 0.575 bits per heavy atom. The number of unbranched alkanes of at least 4 members (excludes halogenated alkanes) is 23. The summed E-state index contributed by atoms with van der Waals surface area (Å²) in [6, 6.07) is 0. The predicted molar refractivity (Wildman–Crippen MR) is 173 cm³/mol.